The van der Waals surface area contributed by atoms with Crippen LogP contribution < -0.4 is 10.1 Å². The van der Waals surface area contributed by atoms with E-state index in [1.54, 1.807) is 13.0 Å². The second-order valence-electron chi connectivity index (χ2n) is 5.16. The Labute approximate surface area is 136 Å². The predicted octanol–water partition coefficient (Wildman–Crippen LogP) is 3.20. The molecular weight excluding hydrogens is 323 g/mol. The van der Waals surface area contributed by atoms with Gasteiger partial charge < -0.3 is 15.2 Å². The Balaban J connectivity index is 1.94. The number of halogens is 3. The fraction of sp³-hybridized carbons (Fsp3) is 0.235. The molecule has 1 unspecified atom stereocenters. The van der Waals surface area contributed by atoms with Gasteiger partial charge in [-0.25, -0.2) is 4.39 Å². The molecule has 0 aliphatic carbocycles. The number of ether oxygens (including phenoxy) is 1. The molecule has 1 atom stereocenters. The van der Waals surface area contributed by atoms with Crippen molar-refractivity contribution in [3.63, 3.8) is 0 Å². The lowest BCUT2D eigenvalue weighted by molar-refractivity contribution is -0.0498. The normalized spacial score (nSPS) is 12.1. The lowest BCUT2D eigenvalue weighted by Crippen LogP contribution is -2.29. The van der Waals surface area contributed by atoms with Crippen molar-refractivity contribution in [3.8, 4) is 5.75 Å². The van der Waals surface area contributed by atoms with Crippen molar-refractivity contribution < 1.29 is 27.8 Å². The summed E-state index contributed by atoms with van der Waals surface area (Å²) in [4.78, 5) is 11.9. The number of carbonyl (C=O) groups is 1. The summed E-state index contributed by atoms with van der Waals surface area (Å²) >= 11 is 0. The number of carbonyl (C=O) groups excluding carboxylic acids is 1. The second kappa shape index (κ2) is 7.83. The minimum atomic E-state index is -2.93. The minimum Gasteiger partial charge on any atom is -0.435 e. The quantitative estimate of drug-likeness (QED) is 0.850. The van der Waals surface area contributed by atoms with Crippen LogP contribution in [0.25, 0.3) is 0 Å². The summed E-state index contributed by atoms with van der Waals surface area (Å²) < 4.78 is 42.0. The van der Waals surface area contributed by atoms with E-state index in [1.807, 2.05) is 0 Å². The monoisotopic (exact) mass is 339 g/mol. The van der Waals surface area contributed by atoms with E-state index in [9.17, 15) is 23.1 Å². The van der Waals surface area contributed by atoms with E-state index in [0.29, 0.717) is 11.1 Å². The Kier molecular flexibility index (Phi) is 5.81. The minimum absolute atomic E-state index is 0.0355. The van der Waals surface area contributed by atoms with Crippen LogP contribution in [-0.4, -0.2) is 24.2 Å². The molecule has 2 aromatic carbocycles. The fourth-order valence-corrected chi connectivity index (χ4v) is 2.08. The Hall–Kier alpha value is -2.54. The van der Waals surface area contributed by atoms with Gasteiger partial charge in [-0.05, 0) is 42.3 Å². The number of aryl methyl sites for hydroxylation is 1. The molecule has 0 aromatic heterocycles. The number of rotatable bonds is 6. The molecule has 2 N–H and O–H groups in total. The highest BCUT2D eigenvalue weighted by atomic mass is 19.3. The van der Waals surface area contributed by atoms with Gasteiger partial charge in [-0.15, -0.1) is 0 Å². The van der Waals surface area contributed by atoms with Gasteiger partial charge in [0.1, 0.15) is 11.6 Å². The van der Waals surface area contributed by atoms with Crippen molar-refractivity contribution in [1.29, 1.82) is 0 Å². The lowest BCUT2D eigenvalue weighted by Gasteiger charge is -2.13. The van der Waals surface area contributed by atoms with E-state index < -0.39 is 24.4 Å². The van der Waals surface area contributed by atoms with Gasteiger partial charge in [0, 0.05) is 6.54 Å². The van der Waals surface area contributed by atoms with Crippen molar-refractivity contribution in [1.82, 2.24) is 5.32 Å². The maximum atomic E-state index is 13.7. The number of alkyl halides is 2. The lowest BCUT2D eigenvalue weighted by atomic mass is 10.1. The summed E-state index contributed by atoms with van der Waals surface area (Å²) in [5, 5.41) is 12.4. The van der Waals surface area contributed by atoms with E-state index in [2.05, 4.69) is 10.1 Å². The summed E-state index contributed by atoms with van der Waals surface area (Å²) in [6.45, 7) is -1.37. The molecule has 0 saturated carbocycles. The van der Waals surface area contributed by atoms with Crippen LogP contribution in [0, 0.1) is 12.7 Å². The van der Waals surface area contributed by atoms with Crippen molar-refractivity contribution >= 4 is 5.91 Å². The summed E-state index contributed by atoms with van der Waals surface area (Å²) in [6.07, 6.45) is -1.07. The molecule has 0 radical (unpaired) electrons. The van der Waals surface area contributed by atoms with Crippen LogP contribution in [0.15, 0.2) is 42.5 Å². The van der Waals surface area contributed by atoms with Crippen LogP contribution in [-0.2, 0) is 0 Å². The van der Waals surface area contributed by atoms with Gasteiger partial charge in [0.25, 0.3) is 5.91 Å². The Morgan fingerprint density at radius 2 is 1.88 bits per heavy atom. The van der Waals surface area contributed by atoms with Gasteiger partial charge in [-0.2, -0.15) is 8.78 Å². The largest absolute Gasteiger partial charge is 0.435 e. The number of hydrogen-bond donors (Lipinski definition) is 2. The van der Waals surface area contributed by atoms with Gasteiger partial charge >= 0.3 is 6.61 Å². The molecule has 2 aromatic rings. The molecule has 4 nitrogen and oxygen atoms in total. The molecule has 0 aliphatic heterocycles. The first-order valence-corrected chi connectivity index (χ1v) is 7.14. The average Bonchev–Trinajstić information content (AvgIpc) is 2.52. The molecule has 0 heterocycles. The highest BCUT2D eigenvalue weighted by Gasteiger charge is 2.14. The van der Waals surface area contributed by atoms with E-state index in [4.69, 9.17) is 0 Å². The van der Waals surface area contributed by atoms with Gasteiger partial charge in [-0.3, -0.25) is 4.79 Å². The van der Waals surface area contributed by atoms with Crippen molar-refractivity contribution in [2.45, 2.75) is 19.6 Å². The number of aliphatic hydroxyl groups excluding tert-OH is 1. The van der Waals surface area contributed by atoms with Crippen LogP contribution in [0.4, 0.5) is 13.2 Å². The first-order valence-electron chi connectivity index (χ1n) is 7.14. The van der Waals surface area contributed by atoms with Crippen LogP contribution in [0.1, 0.15) is 27.6 Å². The van der Waals surface area contributed by atoms with Crippen molar-refractivity contribution in [2.75, 3.05) is 6.54 Å². The third-order valence-corrected chi connectivity index (χ3v) is 3.32. The molecular formula is C17H16F3NO3. The maximum absolute atomic E-state index is 13.7. The molecule has 2 rings (SSSR count). The van der Waals surface area contributed by atoms with Crippen molar-refractivity contribution in [2.24, 2.45) is 0 Å². The van der Waals surface area contributed by atoms with Gasteiger partial charge in [0.15, 0.2) is 0 Å². The first kappa shape index (κ1) is 17.8. The molecule has 1 amide bonds. The molecule has 0 aliphatic rings. The predicted molar refractivity (Wildman–Crippen MR) is 81.5 cm³/mol. The van der Waals surface area contributed by atoms with Gasteiger partial charge in [0.2, 0.25) is 0 Å². The Morgan fingerprint density at radius 1 is 1.21 bits per heavy atom. The smallest absolute Gasteiger partial charge is 0.387 e. The number of aliphatic hydroxyl groups is 1. The van der Waals surface area contributed by atoms with E-state index >= 15 is 0 Å². The Bertz CT molecular complexity index is 705. The summed E-state index contributed by atoms with van der Waals surface area (Å²) in [5.41, 5.74) is 0.977. The summed E-state index contributed by atoms with van der Waals surface area (Å²) in [6, 6.07) is 9.59. The van der Waals surface area contributed by atoms with Crippen LogP contribution in [0.2, 0.25) is 0 Å². The van der Waals surface area contributed by atoms with E-state index in [-0.39, 0.29) is 17.9 Å². The van der Waals surface area contributed by atoms with Crippen LogP contribution in [0.5, 0.6) is 5.75 Å². The molecule has 128 valence electrons. The number of hydrogen-bond acceptors (Lipinski definition) is 3. The zero-order valence-electron chi connectivity index (χ0n) is 12.8. The summed E-state index contributed by atoms with van der Waals surface area (Å²) in [5.74, 6) is -1.33. The molecule has 7 heteroatoms. The van der Waals surface area contributed by atoms with Crippen molar-refractivity contribution in [3.05, 3.63) is 65.0 Å². The van der Waals surface area contributed by atoms with E-state index in [1.165, 1.54) is 36.4 Å². The standard InChI is InChI=1S/C17H16F3NO3/c1-10-2-7-13(14(18)8-10)16(23)21-9-15(22)11-3-5-12(6-4-11)24-17(19)20/h2-8,15,17,22H,9H2,1H3,(H,21,23). The molecule has 0 spiro atoms. The van der Waals surface area contributed by atoms with E-state index in [0.717, 1.165) is 0 Å². The fourth-order valence-electron chi connectivity index (χ4n) is 2.08. The third-order valence-electron chi connectivity index (χ3n) is 3.32. The first-order chi connectivity index (χ1) is 11.4. The molecule has 0 saturated heterocycles. The summed E-state index contributed by atoms with van der Waals surface area (Å²) in [7, 11) is 0. The second-order valence-corrected chi connectivity index (χ2v) is 5.16. The van der Waals surface area contributed by atoms with Gasteiger partial charge in [0.05, 0.1) is 11.7 Å². The molecule has 0 fully saturated rings. The van der Waals surface area contributed by atoms with Crippen LogP contribution in [0.3, 0.4) is 0 Å². The number of benzene rings is 2. The zero-order valence-corrected chi connectivity index (χ0v) is 12.8. The average molecular weight is 339 g/mol. The highest BCUT2D eigenvalue weighted by Crippen LogP contribution is 2.19. The SMILES string of the molecule is Cc1ccc(C(=O)NCC(O)c2ccc(OC(F)F)cc2)c(F)c1. The Morgan fingerprint density at radius 3 is 2.46 bits per heavy atom. The molecule has 0 bridgehead atoms. The molecule has 24 heavy (non-hydrogen) atoms. The number of nitrogens with one attached hydrogen (secondary N) is 1. The number of amides is 1. The van der Waals surface area contributed by atoms with Gasteiger partial charge in [-0.1, -0.05) is 18.2 Å². The van der Waals surface area contributed by atoms with Crippen LogP contribution >= 0.6 is 0 Å². The topological polar surface area (TPSA) is 58.6 Å². The third kappa shape index (κ3) is 4.73. The maximum Gasteiger partial charge on any atom is 0.387 e. The zero-order chi connectivity index (χ0) is 17.7. The highest BCUT2D eigenvalue weighted by molar-refractivity contribution is 5.94.